The van der Waals surface area contributed by atoms with Gasteiger partial charge in [0.25, 0.3) is 11.8 Å². The molecule has 8 rings (SSSR count). The number of hydrogen-bond acceptors (Lipinski definition) is 5. The predicted molar refractivity (Wildman–Crippen MR) is 193 cm³/mol. The molecule has 0 radical (unpaired) electrons. The van der Waals surface area contributed by atoms with Crippen molar-refractivity contribution in [2.45, 2.75) is 89.9 Å². The van der Waals surface area contributed by atoms with Gasteiger partial charge in [-0.15, -0.1) is 0 Å². The zero-order valence-corrected chi connectivity index (χ0v) is 29.2. The molecule has 7 heteroatoms. The van der Waals surface area contributed by atoms with Crippen LogP contribution in [0.2, 0.25) is 0 Å². The number of fused-ring (bicyclic) bond motifs is 6. The van der Waals surface area contributed by atoms with Crippen molar-refractivity contribution in [2.24, 2.45) is 0 Å². The summed E-state index contributed by atoms with van der Waals surface area (Å²) in [6.07, 6.45) is 8.20. The molecule has 0 spiro atoms. The first-order valence-corrected chi connectivity index (χ1v) is 18.3. The smallest absolute Gasteiger partial charge is 0.254 e. The molecule has 7 nitrogen and oxygen atoms in total. The molecule has 2 amide bonds. The van der Waals surface area contributed by atoms with E-state index in [2.05, 4.69) is 59.5 Å². The monoisotopic (exact) mass is 670 g/mol. The van der Waals surface area contributed by atoms with Crippen LogP contribution in [0.3, 0.4) is 0 Å². The third kappa shape index (κ3) is 6.23. The zero-order chi connectivity index (χ0) is 34.2. The zero-order valence-electron chi connectivity index (χ0n) is 29.2. The van der Waals surface area contributed by atoms with E-state index in [1.807, 2.05) is 30.0 Å². The number of hydrogen-bond donors (Lipinski definition) is 0. The minimum Gasteiger partial charge on any atom is -0.493 e. The number of carbonyl (C=O) groups is 2. The van der Waals surface area contributed by atoms with Crippen LogP contribution in [0.1, 0.15) is 91.8 Å². The van der Waals surface area contributed by atoms with Crippen molar-refractivity contribution >= 4 is 11.8 Å². The lowest BCUT2D eigenvalue weighted by Gasteiger charge is -2.36. The topological polar surface area (TPSA) is 68.3 Å². The quantitative estimate of drug-likeness (QED) is 0.171. The molecular weight excluding hydrogens is 624 g/mol. The van der Waals surface area contributed by atoms with Crippen LogP contribution in [0.5, 0.6) is 17.2 Å². The number of ether oxygens (including phenoxy) is 3. The fourth-order valence-corrected chi connectivity index (χ4v) is 8.44. The van der Waals surface area contributed by atoms with Crippen molar-refractivity contribution in [1.29, 1.82) is 0 Å². The van der Waals surface area contributed by atoms with Crippen LogP contribution in [0.25, 0.3) is 0 Å². The van der Waals surface area contributed by atoms with Crippen LogP contribution >= 0.6 is 0 Å². The van der Waals surface area contributed by atoms with Crippen molar-refractivity contribution in [3.8, 4) is 17.2 Å². The fourth-order valence-electron chi connectivity index (χ4n) is 8.44. The Morgan fingerprint density at radius 3 is 1.66 bits per heavy atom. The molecule has 0 N–H and O–H groups in total. The Balaban J connectivity index is 0.838. The summed E-state index contributed by atoms with van der Waals surface area (Å²) in [5, 5.41) is 0. The van der Waals surface area contributed by atoms with Gasteiger partial charge in [0, 0.05) is 36.3 Å². The summed E-state index contributed by atoms with van der Waals surface area (Å²) in [5.41, 5.74) is 9.92. The van der Waals surface area contributed by atoms with Crippen LogP contribution in [0.15, 0.2) is 72.8 Å². The van der Waals surface area contributed by atoms with Crippen molar-refractivity contribution in [3.63, 3.8) is 0 Å². The lowest BCUT2D eigenvalue weighted by Crippen LogP contribution is -2.43. The van der Waals surface area contributed by atoms with Gasteiger partial charge < -0.3 is 24.0 Å². The molecule has 4 aromatic rings. The molecule has 4 aliphatic rings. The van der Waals surface area contributed by atoms with E-state index in [1.54, 1.807) is 7.11 Å². The maximum Gasteiger partial charge on any atom is 0.254 e. The van der Waals surface area contributed by atoms with Gasteiger partial charge in [-0.25, -0.2) is 0 Å². The van der Waals surface area contributed by atoms with Gasteiger partial charge in [0.05, 0.1) is 20.3 Å². The summed E-state index contributed by atoms with van der Waals surface area (Å²) in [5.74, 6) is 2.41. The summed E-state index contributed by atoms with van der Waals surface area (Å²) in [7, 11) is 1.64. The second-order valence-corrected chi connectivity index (χ2v) is 14.4. The van der Waals surface area contributed by atoms with E-state index in [-0.39, 0.29) is 23.9 Å². The normalized spacial score (nSPS) is 19.2. The number of rotatable bonds is 9. The van der Waals surface area contributed by atoms with Gasteiger partial charge >= 0.3 is 0 Å². The number of amides is 2. The number of nitrogens with zero attached hydrogens (tertiary/aromatic N) is 2. The van der Waals surface area contributed by atoms with Crippen LogP contribution in [0, 0.1) is 6.92 Å². The number of unbranched alkanes of at least 4 members (excludes halogenated alkanes) is 2. The van der Waals surface area contributed by atoms with E-state index in [4.69, 9.17) is 14.2 Å². The highest BCUT2D eigenvalue weighted by atomic mass is 16.5. The molecule has 0 bridgehead atoms. The van der Waals surface area contributed by atoms with E-state index in [0.717, 1.165) is 91.4 Å². The highest BCUT2D eigenvalue weighted by Gasteiger charge is 2.36. The SMILES string of the molecule is COc1cc2c(cc1OCCCCCOc1cc3c(cc1C)C(=O)N1Cc4ccccc4C[C@H]1CC3)CC[C@@H]1Cc3ccccc3CN1C2=O. The summed E-state index contributed by atoms with van der Waals surface area (Å²) >= 11 is 0. The Bertz CT molecular complexity index is 1930. The highest BCUT2D eigenvalue weighted by Crippen LogP contribution is 2.38. The Morgan fingerprint density at radius 2 is 1.10 bits per heavy atom. The molecule has 50 heavy (non-hydrogen) atoms. The molecule has 258 valence electrons. The first-order chi connectivity index (χ1) is 24.5. The van der Waals surface area contributed by atoms with E-state index in [0.29, 0.717) is 37.8 Å². The van der Waals surface area contributed by atoms with Crippen LogP contribution < -0.4 is 14.2 Å². The van der Waals surface area contributed by atoms with Crippen LogP contribution in [0.4, 0.5) is 0 Å². The minimum atomic E-state index is 0.0833. The third-order valence-corrected chi connectivity index (χ3v) is 11.3. The molecule has 0 fully saturated rings. The first-order valence-electron chi connectivity index (χ1n) is 18.3. The van der Waals surface area contributed by atoms with Crippen LogP contribution in [-0.4, -0.2) is 54.0 Å². The van der Waals surface area contributed by atoms with E-state index in [9.17, 15) is 9.59 Å². The largest absolute Gasteiger partial charge is 0.493 e. The van der Waals surface area contributed by atoms with Gasteiger partial charge in [-0.3, -0.25) is 9.59 Å². The Morgan fingerprint density at radius 1 is 0.600 bits per heavy atom. The molecule has 0 unspecified atom stereocenters. The number of methoxy groups -OCH3 is 1. The molecule has 0 aliphatic carbocycles. The molecular formula is C43H46N2O5. The van der Waals surface area contributed by atoms with Gasteiger partial charge in [-0.2, -0.15) is 0 Å². The number of benzene rings is 4. The third-order valence-electron chi connectivity index (χ3n) is 11.3. The summed E-state index contributed by atoms with van der Waals surface area (Å²) in [6, 6.07) is 25.5. The fraction of sp³-hybridized carbons (Fsp3) is 0.395. The molecule has 2 atom stereocenters. The molecule has 0 saturated heterocycles. The Kier molecular flexibility index (Phi) is 8.98. The van der Waals surface area contributed by atoms with E-state index < -0.39 is 0 Å². The van der Waals surface area contributed by atoms with E-state index >= 15 is 0 Å². The first kappa shape index (κ1) is 32.4. The number of aryl methyl sites for hydroxylation is 3. The van der Waals surface area contributed by atoms with Gasteiger partial charge in [0.1, 0.15) is 5.75 Å². The summed E-state index contributed by atoms with van der Waals surface area (Å²) < 4.78 is 18.2. The average molecular weight is 671 g/mol. The van der Waals surface area contributed by atoms with Gasteiger partial charge in [-0.05, 0) is 128 Å². The van der Waals surface area contributed by atoms with Crippen molar-refractivity contribution in [2.75, 3.05) is 20.3 Å². The maximum absolute atomic E-state index is 13.7. The Labute approximate surface area is 295 Å². The van der Waals surface area contributed by atoms with Crippen molar-refractivity contribution in [1.82, 2.24) is 9.80 Å². The second-order valence-electron chi connectivity index (χ2n) is 14.4. The standard InChI is InChI=1S/C43H46N2O5/c1-28-20-37-31(14-16-35-21-29-10-4-6-12-33(29)26-44(35)42(37)46)23-39(28)49-18-8-3-9-19-50-41-24-32-15-17-36-22-30-11-5-7-13-34(30)27-45(36)43(47)38(32)25-40(41)48-2/h4-7,10-13,20,23-25,35-36H,3,8-9,14-19,21-22,26-27H2,1-2H3/t35-,36-/m1/s1. The minimum absolute atomic E-state index is 0.0833. The average Bonchev–Trinajstić information content (AvgIpc) is 3.35. The van der Waals surface area contributed by atoms with E-state index in [1.165, 1.54) is 22.3 Å². The maximum atomic E-state index is 13.7. The molecule has 0 aromatic heterocycles. The Hall–Kier alpha value is -4.78. The van der Waals surface area contributed by atoms with Crippen LogP contribution in [-0.2, 0) is 38.8 Å². The lowest BCUT2D eigenvalue weighted by atomic mass is 9.92. The molecule has 4 heterocycles. The van der Waals surface area contributed by atoms with Gasteiger partial charge in [-0.1, -0.05) is 48.5 Å². The molecule has 0 saturated carbocycles. The van der Waals surface area contributed by atoms with Gasteiger partial charge in [0.2, 0.25) is 0 Å². The molecule has 4 aromatic carbocycles. The summed E-state index contributed by atoms with van der Waals surface area (Å²) in [4.78, 5) is 31.6. The summed E-state index contributed by atoms with van der Waals surface area (Å²) in [6.45, 7) is 4.56. The molecule has 4 aliphatic heterocycles. The number of carbonyl (C=O) groups excluding carboxylic acids is 2. The predicted octanol–water partition coefficient (Wildman–Crippen LogP) is 7.66. The van der Waals surface area contributed by atoms with Gasteiger partial charge in [0.15, 0.2) is 11.5 Å². The van der Waals surface area contributed by atoms with Crippen molar-refractivity contribution < 1.29 is 23.8 Å². The highest BCUT2D eigenvalue weighted by molar-refractivity contribution is 5.98. The second kappa shape index (κ2) is 13.9. The lowest BCUT2D eigenvalue weighted by molar-refractivity contribution is 0.0635. The van der Waals surface area contributed by atoms with Crippen molar-refractivity contribution in [3.05, 3.63) is 123 Å².